The van der Waals surface area contributed by atoms with E-state index >= 15 is 0 Å². The van der Waals surface area contributed by atoms with Gasteiger partial charge in [-0.25, -0.2) is 0 Å². The van der Waals surface area contributed by atoms with Crippen LogP contribution in [-0.4, -0.2) is 52.7 Å². The van der Waals surface area contributed by atoms with Crippen molar-refractivity contribution in [3.8, 4) is 5.75 Å². The van der Waals surface area contributed by atoms with Crippen molar-refractivity contribution < 1.29 is 24.9 Å². The standard InChI is InChI=1S/C22H35NO5/c1-15(2)19-9-8-16(3)12-22(19,27)21(26)23-11-10-17-6-4-5-7-20(17)28-14-18(25)13-24/h4-7,15-16,18-19,24-25,27H,8-14H2,1-3H3,(H,23,26)/t16-,18-,19+,22+/m1/s1. The maximum absolute atomic E-state index is 12.9. The first-order chi connectivity index (χ1) is 13.3. The zero-order valence-electron chi connectivity index (χ0n) is 17.2. The van der Waals surface area contributed by atoms with Gasteiger partial charge in [0.15, 0.2) is 0 Å². The number of nitrogens with one attached hydrogen (secondary N) is 1. The lowest BCUT2D eigenvalue weighted by Crippen LogP contribution is -2.56. The molecule has 28 heavy (non-hydrogen) atoms. The summed E-state index contributed by atoms with van der Waals surface area (Å²) in [4.78, 5) is 12.9. The zero-order valence-corrected chi connectivity index (χ0v) is 17.2. The highest BCUT2D eigenvalue weighted by Gasteiger charge is 2.48. The Morgan fingerprint density at radius 3 is 2.71 bits per heavy atom. The highest BCUT2D eigenvalue weighted by atomic mass is 16.5. The van der Waals surface area contributed by atoms with Gasteiger partial charge in [-0.3, -0.25) is 4.79 Å². The van der Waals surface area contributed by atoms with Gasteiger partial charge in [-0.2, -0.15) is 0 Å². The summed E-state index contributed by atoms with van der Waals surface area (Å²) >= 11 is 0. The molecule has 1 aromatic rings. The van der Waals surface area contributed by atoms with Crippen molar-refractivity contribution in [2.45, 2.75) is 58.2 Å². The number of para-hydroxylation sites is 1. The molecule has 0 bridgehead atoms. The van der Waals surface area contributed by atoms with Gasteiger partial charge in [0.2, 0.25) is 0 Å². The van der Waals surface area contributed by atoms with Crippen molar-refractivity contribution in [3.05, 3.63) is 29.8 Å². The largest absolute Gasteiger partial charge is 0.491 e. The number of rotatable bonds is 9. The van der Waals surface area contributed by atoms with Crippen molar-refractivity contribution in [2.75, 3.05) is 19.8 Å². The van der Waals surface area contributed by atoms with Crippen LogP contribution in [0.25, 0.3) is 0 Å². The smallest absolute Gasteiger partial charge is 0.252 e. The predicted octanol–water partition coefficient (Wildman–Crippen LogP) is 1.90. The van der Waals surface area contributed by atoms with Crippen molar-refractivity contribution >= 4 is 5.91 Å². The van der Waals surface area contributed by atoms with E-state index in [1.54, 1.807) is 6.07 Å². The third-order valence-corrected chi connectivity index (χ3v) is 5.74. The molecule has 4 atom stereocenters. The Labute approximate surface area is 167 Å². The molecule has 0 heterocycles. The molecular formula is C22H35NO5. The van der Waals surface area contributed by atoms with Crippen molar-refractivity contribution in [1.29, 1.82) is 0 Å². The maximum Gasteiger partial charge on any atom is 0.252 e. The van der Waals surface area contributed by atoms with E-state index in [0.717, 1.165) is 18.4 Å². The van der Waals surface area contributed by atoms with E-state index in [0.29, 0.717) is 31.1 Å². The van der Waals surface area contributed by atoms with Crippen LogP contribution >= 0.6 is 0 Å². The Hall–Kier alpha value is -1.63. The summed E-state index contributed by atoms with van der Waals surface area (Å²) < 4.78 is 5.57. The van der Waals surface area contributed by atoms with E-state index < -0.39 is 11.7 Å². The highest BCUT2D eigenvalue weighted by Crippen LogP contribution is 2.41. The molecule has 1 aliphatic rings. The van der Waals surface area contributed by atoms with Gasteiger partial charge in [0.1, 0.15) is 24.1 Å². The lowest BCUT2D eigenvalue weighted by molar-refractivity contribution is -0.155. The lowest BCUT2D eigenvalue weighted by Gasteiger charge is -2.43. The molecule has 0 saturated heterocycles. The molecule has 6 heteroatoms. The number of hydrogen-bond acceptors (Lipinski definition) is 5. The van der Waals surface area contributed by atoms with Crippen LogP contribution in [0, 0.1) is 17.8 Å². The first-order valence-electron chi connectivity index (χ1n) is 10.3. The minimum absolute atomic E-state index is 0.00752. The van der Waals surface area contributed by atoms with Gasteiger partial charge in [-0.1, -0.05) is 45.4 Å². The minimum atomic E-state index is -1.31. The third-order valence-electron chi connectivity index (χ3n) is 5.74. The van der Waals surface area contributed by atoms with Crippen LogP contribution < -0.4 is 10.1 Å². The molecule has 0 unspecified atom stereocenters. The van der Waals surface area contributed by atoms with Crippen molar-refractivity contribution in [2.24, 2.45) is 17.8 Å². The summed E-state index contributed by atoms with van der Waals surface area (Å²) in [6, 6.07) is 7.42. The second kappa shape index (κ2) is 10.2. The van der Waals surface area contributed by atoms with E-state index in [2.05, 4.69) is 26.1 Å². The summed E-state index contributed by atoms with van der Waals surface area (Å²) in [6.07, 6.45) is 2.04. The van der Waals surface area contributed by atoms with Crippen LogP contribution in [0.4, 0.5) is 0 Å². The number of ether oxygens (including phenoxy) is 1. The summed E-state index contributed by atoms with van der Waals surface area (Å²) in [5.41, 5.74) is -0.412. The fourth-order valence-corrected chi connectivity index (χ4v) is 4.19. The molecule has 0 aromatic heterocycles. The number of carbonyl (C=O) groups is 1. The second-order valence-corrected chi connectivity index (χ2v) is 8.42. The van der Waals surface area contributed by atoms with Gasteiger partial charge in [-0.15, -0.1) is 0 Å². The Morgan fingerprint density at radius 1 is 1.32 bits per heavy atom. The average molecular weight is 394 g/mol. The Balaban J connectivity index is 1.96. The van der Waals surface area contributed by atoms with E-state index in [4.69, 9.17) is 9.84 Å². The quantitative estimate of drug-likeness (QED) is 0.514. The number of benzene rings is 1. The number of amides is 1. The number of aliphatic hydroxyl groups excluding tert-OH is 2. The average Bonchev–Trinajstić information content (AvgIpc) is 2.66. The van der Waals surface area contributed by atoms with E-state index in [9.17, 15) is 15.0 Å². The van der Waals surface area contributed by atoms with Gasteiger partial charge in [0.25, 0.3) is 5.91 Å². The van der Waals surface area contributed by atoms with E-state index in [-0.39, 0.29) is 31.0 Å². The minimum Gasteiger partial charge on any atom is -0.491 e. The van der Waals surface area contributed by atoms with Gasteiger partial charge < -0.3 is 25.4 Å². The molecule has 1 aromatic carbocycles. The molecule has 1 saturated carbocycles. The number of carbonyl (C=O) groups excluding carboxylic acids is 1. The van der Waals surface area contributed by atoms with Crippen LogP contribution in [0.15, 0.2) is 24.3 Å². The van der Waals surface area contributed by atoms with E-state index in [1.807, 2.05) is 18.2 Å². The fourth-order valence-electron chi connectivity index (χ4n) is 4.19. The van der Waals surface area contributed by atoms with E-state index in [1.165, 1.54) is 0 Å². The predicted molar refractivity (Wildman–Crippen MR) is 108 cm³/mol. The molecule has 1 amide bonds. The molecule has 1 aliphatic carbocycles. The van der Waals surface area contributed by atoms with Crippen molar-refractivity contribution in [1.82, 2.24) is 5.32 Å². The van der Waals surface area contributed by atoms with Crippen LogP contribution in [-0.2, 0) is 11.2 Å². The molecule has 4 N–H and O–H groups in total. The molecular weight excluding hydrogens is 358 g/mol. The Kier molecular flexibility index (Phi) is 8.28. The first kappa shape index (κ1) is 22.7. The summed E-state index contributed by atoms with van der Waals surface area (Å²) in [6.45, 7) is 6.26. The molecule has 0 radical (unpaired) electrons. The summed E-state index contributed by atoms with van der Waals surface area (Å²) in [5, 5.41) is 32.5. The third kappa shape index (κ3) is 5.69. The number of hydrogen-bond donors (Lipinski definition) is 4. The molecule has 158 valence electrons. The topological polar surface area (TPSA) is 99.0 Å². The SMILES string of the molecule is CC(C)[C@@H]1CC[C@@H](C)C[C@@]1(O)C(=O)NCCc1ccccc1OC[C@H](O)CO. The maximum atomic E-state index is 12.9. The second-order valence-electron chi connectivity index (χ2n) is 8.42. The van der Waals surface area contributed by atoms with Gasteiger partial charge in [0.05, 0.1) is 6.61 Å². The van der Waals surface area contributed by atoms with Crippen LogP contribution in [0.1, 0.15) is 45.6 Å². The van der Waals surface area contributed by atoms with Crippen LogP contribution in [0.5, 0.6) is 5.75 Å². The first-order valence-corrected chi connectivity index (χ1v) is 10.3. The summed E-state index contributed by atoms with van der Waals surface area (Å²) in [7, 11) is 0. The van der Waals surface area contributed by atoms with Crippen LogP contribution in [0.2, 0.25) is 0 Å². The molecule has 1 fully saturated rings. The lowest BCUT2D eigenvalue weighted by atomic mass is 9.66. The van der Waals surface area contributed by atoms with Crippen LogP contribution in [0.3, 0.4) is 0 Å². The molecule has 6 nitrogen and oxygen atoms in total. The van der Waals surface area contributed by atoms with Gasteiger partial charge >= 0.3 is 0 Å². The van der Waals surface area contributed by atoms with Gasteiger partial charge in [0, 0.05) is 6.54 Å². The fraction of sp³-hybridized carbons (Fsp3) is 0.682. The zero-order chi connectivity index (χ0) is 20.7. The van der Waals surface area contributed by atoms with Crippen molar-refractivity contribution in [3.63, 3.8) is 0 Å². The monoisotopic (exact) mass is 393 g/mol. The summed E-state index contributed by atoms with van der Waals surface area (Å²) in [5.74, 6) is 0.883. The number of aliphatic hydroxyl groups is 3. The molecule has 0 spiro atoms. The highest BCUT2D eigenvalue weighted by molar-refractivity contribution is 5.85. The normalized spacial score (nSPS) is 26.1. The van der Waals surface area contributed by atoms with Gasteiger partial charge in [-0.05, 0) is 48.6 Å². The molecule has 0 aliphatic heterocycles. The Morgan fingerprint density at radius 2 is 2.04 bits per heavy atom. The molecule has 2 rings (SSSR count). The Bertz CT molecular complexity index is 635.